The Labute approximate surface area is 87.3 Å². The molecular formula is C10H21NO2S. The van der Waals surface area contributed by atoms with Gasteiger partial charge in [-0.15, -0.1) is 0 Å². The van der Waals surface area contributed by atoms with Crippen LogP contribution < -0.4 is 4.72 Å². The van der Waals surface area contributed by atoms with E-state index in [-0.39, 0.29) is 5.25 Å². The van der Waals surface area contributed by atoms with E-state index in [0.29, 0.717) is 6.54 Å². The van der Waals surface area contributed by atoms with Gasteiger partial charge in [0.15, 0.2) is 0 Å². The summed E-state index contributed by atoms with van der Waals surface area (Å²) < 4.78 is 26.1. The maximum Gasteiger partial charge on any atom is 0.214 e. The molecule has 1 rings (SSSR count). The summed E-state index contributed by atoms with van der Waals surface area (Å²) in [5, 5.41) is -0.107. The molecule has 4 heteroatoms. The fourth-order valence-electron chi connectivity index (χ4n) is 1.91. The van der Waals surface area contributed by atoms with E-state index in [0.717, 1.165) is 44.9 Å². The lowest BCUT2D eigenvalue weighted by atomic mass is 10.3. The minimum absolute atomic E-state index is 0.107. The summed E-state index contributed by atoms with van der Waals surface area (Å²) in [6.45, 7) is 2.73. The van der Waals surface area contributed by atoms with Crippen LogP contribution in [0.1, 0.15) is 51.9 Å². The van der Waals surface area contributed by atoms with Gasteiger partial charge in [-0.1, -0.05) is 32.6 Å². The molecule has 3 nitrogen and oxygen atoms in total. The predicted octanol–water partition coefficient (Wildman–Crippen LogP) is 2.04. The van der Waals surface area contributed by atoms with Gasteiger partial charge in [0, 0.05) is 6.54 Å². The Hall–Kier alpha value is -0.0900. The monoisotopic (exact) mass is 219 g/mol. The fraction of sp³-hybridized carbons (Fsp3) is 1.00. The first-order chi connectivity index (χ1) is 6.67. The predicted molar refractivity (Wildman–Crippen MR) is 58.7 cm³/mol. The van der Waals surface area contributed by atoms with Crippen LogP contribution in [0.3, 0.4) is 0 Å². The Morgan fingerprint density at radius 3 is 2.43 bits per heavy atom. The lowest BCUT2D eigenvalue weighted by molar-refractivity contribution is 0.560. The van der Waals surface area contributed by atoms with Gasteiger partial charge < -0.3 is 0 Å². The third-order valence-corrected chi connectivity index (χ3v) is 4.78. The van der Waals surface area contributed by atoms with Gasteiger partial charge in [-0.3, -0.25) is 0 Å². The molecule has 0 saturated heterocycles. The zero-order chi connectivity index (χ0) is 10.4. The summed E-state index contributed by atoms with van der Waals surface area (Å²) in [5.41, 5.74) is 0. The van der Waals surface area contributed by atoms with Crippen molar-refractivity contribution in [2.24, 2.45) is 0 Å². The first kappa shape index (κ1) is 12.0. The number of rotatable bonds is 6. The number of sulfonamides is 1. The molecule has 0 radical (unpaired) electrons. The summed E-state index contributed by atoms with van der Waals surface area (Å²) in [6, 6.07) is 0. The highest BCUT2D eigenvalue weighted by Crippen LogP contribution is 2.23. The van der Waals surface area contributed by atoms with E-state index in [1.165, 1.54) is 0 Å². The summed E-state index contributed by atoms with van der Waals surface area (Å²) in [7, 11) is -2.99. The molecule has 1 fully saturated rings. The minimum Gasteiger partial charge on any atom is -0.215 e. The van der Waals surface area contributed by atoms with Gasteiger partial charge in [0.25, 0.3) is 0 Å². The highest BCUT2D eigenvalue weighted by molar-refractivity contribution is 7.90. The Morgan fingerprint density at radius 2 is 1.86 bits per heavy atom. The van der Waals surface area contributed by atoms with E-state index in [1.807, 2.05) is 0 Å². The SMILES string of the molecule is CCCCCNS(=O)(=O)C1CCCC1. The molecule has 0 aromatic rings. The Balaban J connectivity index is 2.26. The van der Waals surface area contributed by atoms with Crippen molar-refractivity contribution in [2.45, 2.75) is 57.1 Å². The lowest BCUT2D eigenvalue weighted by Gasteiger charge is -2.11. The van der Waals surface area contributed by atoms with Gasteiger partial charge in [0.05, 0.1) is 5.25 Å². The maximum atomic E-state index is 11.7. The molecule has 0 aromatic carbocycles. The minimum atomic E-state index is -2.99. The van der Waals surface area contributed by atoms with Crippen LogP contribution in [0, 0.1) is 0 Å². The molecule has 0 heterocycles. The highest BCUT2D eigenvalue weighted by Gasteiger charge is 2.27. The summed E-state index contributed by atoms with van der Waals surface area (Å²) in [5.74, 6) is 0. The van der Waals surface area contributed by atoms with Gasteiger partial charge >= 0.3 is 0 Å². The van der Waals surface area contributed by atoms with Crippen LogP contribution >= 0.6 is 0 Å². The average Bonchev–Trinajstić information content (AvgIpc) is 2.65. The lowest BCUT2D eigenvalue weighted by Crippen LogP contribution is -2.33. The van der Waals surface area contributed by atoms with Gasteiger partial charge in [-0.2, -0.15) is 0 Å². The van der Waals surface area contributed by atoms with Crippen LogP contribution in [0.2, 0.25) is 0 Å². The molecule has 84 valence electrons. The van der Waals surface area contributed by atoms with Crippen molar-refractivity contribution >= 4 is 10.0 Å². The molecule has 0 amide bonds. The average molecular weight is 219 g/mol. The van der Waals surface area contributed by atoms with Gasteiger partial charge in [-0.05, 0) is 19.3 Å². The molecule has 0 bridgehead atoms. The first-order valence-corrected chi connectivity index (χ1v) is 7.20. The molecule has 14 heavy (non-hydrogen) atoms. The standard InChI is InChI=1S/C10H21NO2S/c1-2-3-6-9-11-14(12,13)10-7-4-5-8-10/h10-11H,2-9H2,1H3. The largest absolute Gasteiger partial charge is 0.215 e. The number of unbranched alkanes of at least 4 members (excludes halogenated alkanes) is 2. The van der Waals surface area contributed by atoms with E-state index in [9.17, 15) is 8.42 Å². The van der Waals surface area contributed by atoms with Crippen LogP contribution in [-0.4, -0.2) is 20.2 Å². The van der Waals surface area contributed by atoms with Crippen LogP contribution in [0.4, 0.5) is 0 Å². The normalized spacial score (nSPS) is 18.9. The topological polar surface area (TPSA) is 46.2 Å². The molecule has 1 N–H and O–H groups in total. The third kappa shape index (κ3) is 3.58. The number of hydrogen-bond donors (Lipinski definition) is 1. The molecule has 1 aliphatic rings. The Kier molecular flexibility index (Phi) is 4.89. The van der Waals surface area contributed by atoms with Gasteiger partial charge in [-0.25, -0.2) is 13.1 Å². The van der Waals surface area contributed by atoms with E-state index in [4.69, 9.17) is 0 Å². The molecule has 1 aliphatic carbocycles. The fourth-order valence-corrected chi connectivity index (χ4v) is 3.52. The zero-order valence-corrected chi connectivity index (χ0v) is 9.78. The van der Waals surface area contributed by atoms with E-state index in [1.54, 1.807) is 0 Å². The van der Waals surface area contributed by atoms with Crippen molar-refractivity contribution in [3.8, 4) is 0 Å². The second-order valence-corrected chi connectivity index (χ2v) is 6.10. The van der Waals surface area contributed by atoms with Gasteiger partial charge in [0.1, 0.15) is 0 Å². The molecule has 1 saturated carbocycles. The first-order valence-electron chi connectivity index (χ1n) is 5.65. The Bertz CT molecular complexity index is 243. The van der Waals surface area contributed by atoms with Gasteiger partial charge in [0.2, 0.25) is 10.0 Å². The molecule has 0 aliphatic heterocycles. The van der Waals surface area contributed by atoms with Crippen molar-refractivity contribution in [3.05, 3.63) is 0 Å². The molecule has 0 aromatic heterocycles. The molecular weight excluding hydrogens is 198 g/mol. The maximum absolute atomic E-state index is 11.7. The van der Waals surface area contributed by atoms with Crippen molar-refractivity contribution in [1.29, 1.82) is 0 Å². The Morgan fingerprint density at radius 1 is 1.21 bits per heavy atom. The third-order valence-electron chi connectivity index (χ3n) is 2.82. The number of nitrogens with one attached hydrogen (secondary N) is 1. The van der Waals surface area contributed by atoms with Crippen molar-refractivity contribution in [1.82, 2.24) is 4.72 Å². The van der Waals surface area contributed by atoms with E-state index in [2.05, 4.69) is 11.6 Å². The van der Waals surface area contributed by atoms with E-state index < -0.39 is 10.0 Å². The van der Waals surface area contributed by atoms with Crippen molar-refractivity contribution in [2.75, 3.05) is 6.54 Å². The second kappa shape index (κ2) is 5.71. The quantitative estimate of drug-likeness (QED) is 0.695. The molecule has 0 unspecified atom stereocenters. The molecule has 0 atom stereocenters. The van der Waals surface area contributed by atoms with Crippen molar-refractivity contribution in [3.63, 3.8) is 0 Å². The summed E-state index contributed by atoms with van der Waals surface area (Å²) in [4.78, 5) is 0. The highest BCUT2D eigenvalue weighted by atomic mass is 32.2. The van der Waals surface area contributed by atoms with Crippen LogP contribution in [0.25, 0.3) is 0 Å². The van der Waals surface area contributed by atoms with Crippen LogP contribution in [0.15, 0.2) is 0 Å². The van der Waals surface area contributed by atoms with Crippen LogP contribution in [0.5, 0.6) is 0 Å². The summed E-state index contributed by atoms with van der Waals surface area (Å²) >= 11 is 0. The van der Waals surface area contributed by atoms with Crippen LogP contribution in [-0.2, 0) is 10.0 Å². The molecule has 0 spiro atoms. The van der Waals surface area contributed by atoms with Crippen molar-refractivity contribution < 1.29 is 8.42 Å². The summed E-state index contributed by atoms with van der Waals surface area (Å²) in [6.07, 6.45) is 7.04. The smallest absolute Gasteiger partial charge is 0.214 e. The number of hydrogen-bond acceptors (Lipinski definition) is 2. The second-order valence-electron chi connectivity index (χ2n) is 4.05. The zero-order valence-electron chi connectivity index (χ0n) is 8.96. The van der Waals surface area contributed by atoms with E-state index >= 15 is 0 Å².